The molecule has 1 atom stereocenters. The molecule has 0 aromatic heterocycles. The van der Waals surface area contributed by atoms with Gasteiger partial charge in [0.15, 0.2) is 0 Å². The zero-order chi connectivity index (χ0) is 24.0. The molecule has 0 saturated carbocycles. The van der Waals surface area contributed by atoms with E-state index in [1.54, 1.807) is 19.2 Å². The maximum Gasteiger partial charge on any atom is 0.400 e. The van der Waals surface area contributed by atoms with Crippen molar-refractivity contribution in [1.82, 2.24) is 9.96 Å². The smallest absolute Gasteiger partial charge is 0.400 e. The first kappa shape index (κ1) is 23.9. The van der Waals surface area contributed by atoms with Gasteiger partial charge in [0, 0.05) is 26.7 Å². The predicted octanol–water partition coefficient (Wildman–Crippen LogP) is 2.50. The molecule has 0 spiro atoms. The lowest BCUT2D eigenvalue weighted by Crippen LogP contribution is -2.54. The SMILES string of the molecule is COC(OC)[N+](C)=C(N(O)Cc1ccccc1[N+](=O)[O-])N(C#N)[C@H]1CCc2ccccc2O1. The number of rotatable bonds is 7. The van der Waals surface area contributed by atoms with Crippen molar-refractivity contribution in [2.75, 3.05) is 21.3 Å². The number of nitro groups is 1. The lowest BCUT2D eigenvalue weighted by molar-refractivity contribution is -0.648. The van der Waals surface area contributed by atoms with Crippen LogP contribution in [0.4, 0.5) is 5.69 Å². The fourth-order valence-electron chi connectivity index (χ4n) is 3.77. The number of hydroxylamine groups is 2. The zero-order valence-corrected chi connectivity index (χ0v) is 18.6. The Labute approximate surface area is 191 Å². The van der Waals surface area contributed by atoms with Crippen molar-refractivity contribution in [2.24, 2.45) is 0 Å². The van der Waals surface area contributed by atoms with Gasteiger partial charge in [0.1, 0.15) is 12.3 Å². The number of methoxy groups -OCH3 is 2. The molecule has 0 aliphatic carbocycles. The Kier molecular flexibility index (Phi) is 7.78. The molecule has 3 rings (SSSR count). The first-order valence-corrected chi connectivity index (χ1v) is 10.2. The summed E-state index contributed by atoms with van der Waals surface area (Å²) in [6, 6.07) is 13.6. The molecule has 0 radical (unpaired) electrons. The summed E-state index contributed by atoms with van der Waals surface area (Å²) in [4.78, 5) is 12.1. The summed E-state index contributed by atoms with van der Waals surface area (Å²) < 4.78 is 18.1. The number of nitriles is 1. The van der Waals surface area contributed by atoms with Crippen molar-refractivity contribution in [3.8, 4) is 11.9 Å². The second-order valence-corrected chi connectivity index (χ2v) is 7.32. The van der Waals surface area contributed by atoms with E-state index in [9.17, 15) is 20.6 Å². The number of nitro benzene ring substituents is 1. The van der Waals surface area contributed by atoms with E-state index in [1.165, 1.54) is 35.8 Å². The average Bonchev–Trinajstić information content (AvgIpc) is 2.82. The molecule has 0 unspecified atom stereocenters. The molecule has 1 aliphatic heterocycles. The van der Waals surface area contributed by atoms with Crippen LogP contribution < -0.4 is 4.74 Å². The topological polar surface area (TPSA) is 124 Å². The predicted molar refractivity (Wildman–Crippen MR) is 116 cm³/mol. The van der Waals surface area contributed by atoms with Crippen LogP contribution in [-0.4, -0.2) is 64.5 Å². The Morgan fingerprint density at radius 2 is 1.94 bits per heavy atom. The number of benzene rings is 2. The molecule has 1 heterocycles. The minimum Gasteiger partial charge on any atom is -0.457 e. The third-order valence-corrected chi connectivity index (χ3v) is 5.28. The molecule has 0 bridgehead atoms. The number of para-hydroxylation sites is 2. The van der Waals surface area contributed by atoms with Crippen LogP contribution in [0.5, 0.6) is 5.75 Å². The first-order chi connectivity index (χ1) is 15.9. The number of ether oxygens (including phenoxy) is 3. The van der Waals surface area contributed by atoms with Crippen LogP contribution in [-0.2, 0) is 22.4 Å². The minimum absolute atomic E-state index is 0.0197. The summed E-state index contributed by atoms with van der Waals surface area (Å²) in [5.74, 6) is 0.628. The van der Waals surface area contributed by atoms with E-state index in [0.717, 1.165) is 10.6 Å². The van der Waals surface area contributed by atoms with Crippen molar-refractivity contribution >= 4 is 11.6 Å². The highest BCUT2D eigenvalue weighted by Crippen LogP contribution is 2.29. The Hall–Kier alpha value is -3.72. The lowest BCUT2D eigenvalue weighted by atomic mass is 10.0. The van der Waals surface area contributed by atoms with E-state index in [1.807, 2.05) is 24.3 Å². The van der Waals surface area contributed by atoms with Crippen LogP contribution in [0.2, 0.25) is 0 Å². The van der Waals surface area contributed by atoms with E-state index in [4.69, 9.17) is 14.2 Å². The van der Waals surface area contributed by atoms with Crippen LogP contribution in [0.1, 0.15) is 17.5 Å². The largest absolute Gasteiger partial charge is 0.457 e. The van der Waals surface area contributed by atoms with Gasteiger partial charge in [-0.15, -0.1) is 9.96 Å². The fourth-order valence-corrected chi connectivity index (χ4v) is 3.77. The summed E-state index contributed by atoms with van der Waals surface area (Å²) in [6.07, 6.45) is 1.55. The maximum atomic E-state index is 11.4. The lowest BCUT2D eigenvalue weighted by Gasteiger charge is -2.31. The van der Waals surface area contributed by atoms with Gasteiger partial charge in [-0.3, -0.25) is 10.1 Å². The van der Waals surface area contributed by atoms with Gasteiger partial charge in [0.05, 0.1) is 17.5 Å². The number of fused-ring (bicyclic) bond motifs is 1. The first-order valence-electron chi connectivity index (χ1n) is 10.2. The molecule has 0 fully saturated rings. The van der Waals surface area contributed by atoms with Gasteiger partial charge in [0.2, 0.25) is 6.23 Å². The molecule has 2 aromatic carbocycles. The standard InChI is InChI=1S/C22H26N5O6/c1-24(22(31-2)32-3)21(26(28)14-17-9-4-6-10-18(17)27(29)30)25(15-23)20-13-12-16-8-5-7-11-19(16)33-20/h4-11,20,22,28H,12-14H2,1-3H3/q+1/t20-/m1/s1. The van der Waals surface area contributed by atoms with Gasteiger partial charge >= 0.3 is 5.96 Å². The normalized spacial score (nSPS) is 15.7. The average molecular weight is 456 g/mol. The Bertz CT molecular complexity index is 1070. The number of guanidine groups is 1. The van der Waals surface area contributed by atoms with Crippen LogP contribution >= 0.6 is 0 Å². The van der Waals surface area contributed by atoms with Gasteiger partial charge in [-0.1, -0.05) is 30.3 Å². The number of hydrogen-bond donors (Lipinski definition) is 1. The van der Waals surface area contributed by atoms with Crippen molar-refractivity contribution in [3.63, 3.8) is 0 Å². The van der Waals surface area contributed by atoms with E-state index in [-0.39, 0.29) is 23.8 Å². The van der Waals surface area contributed by atoms with Crippen LogP contribution in [0.3, 0.4) is 0 Å². The fraction of sp³-hybridized carbons (Fsp3) is 0.364. The molecule has 33 heavy (non-hydrogen) atoms. The molecule has 2 aromatic rings. The second-order valence-electron chi connectivity index (χ2n) is 7.32. The van der Waals surface area contributed by atoms with Crippen molar-refractivity contribution < 1.29 is 28.9 Å². The molecule has 1 N–H and O–H groups in total. The number of aryl methyl sites for hydroxylation is 1. The third kappa shape index (κ3) is 5.20. The van der Waals surface area contributed by atoms with Gasteiger partial charge in [-0.25, -0.2) is 9.78 Å². The Morgan fingerprint density at radius 3 is 2.61 bits per heavy atom. The number of nitrogens with zero attached hydrogens (tertiary/aromatic N) is 5. The number of hydrogen-bond acceptors (Lipinski definition) is 7. The van der Waals surface area contributed by atoms with Gasteiger partial charge in [-0.05, 0) is 24.1 Å². The Balaban J connectivity index is 2.00. The summed E-state index contributed by atoms with van der Waals surface area (Å²) in [5, 5.41) is 33.3. The van der Waals surface area contributed by atoms with E-state index < -0.39 is 17.6 Å². The van der Waals surface area contributed by atoms with Crippen LogP contribution in [0.15, 0.2) is 48.5 Å². The highest BCUT2D eigenvalue weighted by Gasteiger charge is 2.40. The molecule has 0 amide bonds. The summed E-state index contributed by atoms with van der Waals surface area (Å²) in [7, 11) is 4.39. The van der Waals surface area contributed by atoms with Crippen molar-refractivity contribution in [1.29, 1.82) is 5.26 Å². The van der Waals surface area contributed by atoms with Gasteiger partial charge in [0.25, 0.3) is 18.3 Å². The van der Waals surface area contributed by atoms with Crippen molar-refractivity contribution in [3.05, 3.63) is 69.8 Å². The van der Waals surface area contributed by atoms with E-state index in [2.05, 4.69) is 6.19 Å². The van der Waals surface area contributed by atoms with Crippen LogP contribution in [0.25, 0.3) is 0 Å². The van der Waals surface area contributed by atoms with Gasteiger partial charge in [-0.2, -0.15) is 5.26 Å². The van der Waals surface area contributed by atoms with Gasteiger partial charge < -0.3 is 14.2 Å². The summed E-state index contributed by atoms with van der Waals surface area (Å²) in [6.45, 7) is -0.265. The second kappa shape index (κ2) is 10.7. The monoisotopic (exact) mass is 456 g/mol. The van der Waals surface area contributed by atoms with Crippen molar-refractivity contribution in [2.45, 2.75) is 32.0 Å². The molecular formula is C22H26N5O6+. The molecular weight excluding hydrogens is 430 g/mol. The zero-order valence-electron chi connectivity index (χ0n) is 18.6. The van der Waals surface area contributed by atoms with E-state index >= 15 is 0 Å². The highest BCUT2D eigenvalue weighted by atomic mass is 16.7. The van der Waals surface area contributed by atoms with Crippen LogP contribution in [0, 0.1) is 21.6 Å². The third-order valence-electron chi connectivity index (χ3n) is 5.28. The Morgan fingerprint density at radius 1 is 1.27 bits per heavy atom. The molecule has 11 heteroatoms. The molecule has 0 saturated heterocycles. The molecule has 11 nitrogen and oxygen atoms in total. The summed E-state index contributed by atoms with van der Waals surface area (Å²) >= 11 is 0. The molecule has 174 valence electrons. The quantitative estimate of drug-likeness (QED) is 0.0978. The maximum absolute atomic E-state index is 11.4. The summed E-state index contributed by atoms with van der Waals surface area (Å²) in [5.41, 5.74) is 1.13. The highest BCUT2D eigenvalue weighted by molar-refractivity contribution is 5.76. The minimum atomic E-state index is -0.952. The van der Waals surface area contributed by atoms with E-state index in [0.29, 0.717) is 18.6 Å². The molecule has 1 aliphatic rings.